The first kappa shape index (κ1) is 29.0. The second-order valence-corrected chi connectivity index (χ2v) is 12.8. The van der Waals surface area contributed by atoms with Crippen molar-refractivity contribution in [3.63, 3.8) is 0 Å². The molecule has 3 aliphatic rings. The lowest BCUT2D eigenvalue weighted by atomic mass is 9.66. The van der Waals surface area contributed by atoms with Gasteiger partial charge in [0.1, 0.15) is 18.4 Å². The van der Waals surface area contributed by atoms with Crippen LogP contribution in [0.5, 0.6) is 5.75 Å². The van der Waals surface area contributed by atoms with Crippen LogP contribution >= 0.6 is 11.8 Å². The van der Waals surface area contributed by atoms with Crippen molar-refractivity contribution in [1.82, 2.24) is 4.90 Å². The Kier molecular flexibility index (Phi) is 8.03. The molecule has 6 atom stereocenters. The third kappa shape index (κ3) is 4.65. The lowest BCUT2D eigenvalue weighted by Gasteiger charge is -2.39. The van der Waals surface area contributed by atoms with E-state index in [1.54, 1.807) is 59.0 Å². The predicted octanol–water partition coefficient (Wildman–Crippen LogP) is 4.16. The fraction of sp³-hybridized carbons (Fsp3) is 0.406. The fourth-order valence-corrected chi connectivity index (χ4v) is 9.28. The standard InChI is InChI=1S/C32H36N2O6S/c1-5-18-33(22-12-14-23(39-4)15-13-22)29(37)27-32-17-16-31(3,41-32)26(30(38)40-19-6-2)25(32)28(36)34(27)24(20-35)21-10-8-7-9-11-21/h5-15,24-27,35H,1-2,16-20H2,3-4H3/t24-,25+,26+,27?,31-,32?/m1/s1. The Morgan fingerprint density at radius 1 is 1.15 bits per heavy atom. The quantitative estimate of drug-likeness (QED) is 0.317. The summed E-state index contributed by atoms with van der Waals surface area (Å²) in [5, 5.41) is 10.7. The molecule has 0 saturated carbocycles. The van der Waals surface area contributed by atoms with E-state index in [0.717, 1.165) is 0 Å². The molecule has 2 bridgehead atoms. The summed E-state index contributed by atoms with van der Waals surface area (Å²) in [4.78, 5) is 46.0. The third-order valence-electron chi connectivity index (χ3n) is 8.70. The maximum Gasteiger partial charge on any atom is 0.311 e. The van der Waals surface area contributed by atoms with Crippen molar-refractivity contribution in [3.8, 4) is 5.75 Å². The van der Waals surface area contributed by atoms with E-state index in [0.29, 0.717) is 29.8 Å². The monoisotopic (exact) mass is 576 g/mol. The predicted molar refractivity (Wildman–Crippen MR) is 159 cm³/mol. The number of carbonyl (C=O) groups is 3. The first-order valence-corrected chi connectivity index (χ1v) is 14.6. The summed E-state index contributed by atoms with van der Waals surface area (Å²) in [6.07, 6.45) is 4.39. The van der Waals surface area contributed by atoms with Crippen molar-refractivity contribution < 1.29 is 29.0 Å². The molecule has 2 amide bonds. The highest BCUT2D eigenvalue weighted by atomic mass is 32.2. The average molecular weight is 577 g/mol. The van der Waals surface area contributed by atoms with Crippen LogP contribution in [0.15, 0.2) is 79.9 Å². The van der Waals surface area contributed by atoms with Crippen LogP contribution in [0.2, 0.25) is 0 Å². The van der Waals surface area contributed by atoms with Crippen LogP contribution in [0.25, 0.3) is 0 Å². The molecule has 0 aromatic heterocycles. The molecule has 2 aromatic rings. The number of methoxy groups -OCH3 is 1. The van der Waals surface area contributed by atoms with Gasteiger partial charge in [-0.15, -0.1) is 18.3 Å². The zero-order valence-electron chi connectivity index (χ0n) is 23.4. The zero-order chi connectivity index (χ0) is 29.4. The summed E-state index contributed by atoms with van der Waals surface area (Å²) in [5.41, 5.74) is 1.35. The number of anilines is 1. The van der Waals surface area contributed by atoms with Gasteiger partial charge in [0.25, 0.3) is 5.91 Å². The van der Waals surface area contributed by atoms with Crippen molar-refractivity contribution in [2.75, 3.05) is 31.8 Å². The minimum absolute atomic E-state index is 0.0456. The highest BCUT2D eigenvalue weighted by molar-refractivity contribution is 8.02. The summed E-state index contributed by atoms with van der Waals surface area (Å²) >= 11 is 1.56. The summed E-state index contributed by atoms with van der Waals surface area (Å²) in [5.74, 6) is -1.88. The van der Waals surface area contributed by atoms with E-state index in [4.69, 9.17) is 9.47 Å². The highest BCUT2D eigenvalue weighted by Gasteiger charge is 2.78. The lowest BCUT2D eigenvalue weighted by Crippen LogP contribution is -2.56. The molecule has 41 heavy (non-hydrogen) atoms. The molecular formula is C32H36N2O6S. The number of amides is 2. The Morgan fingerprint density at radius 2 is 1.85 bits per heavy atom. The lowest BCUT2D eigenvalue weighted by molar-refractivity contribution is -0.155. The number of esters is 1. The van der Waals surface area contributed by atoms with Crippen molar-refractivity contribution >= 4 is 35.2 Å². The van der Waals surface area contributed by atoms with Gasteiger partial charge in [-0.3, -0.25) is 14.4 Å². The van der Waals surface area contributed by atoms with E-state index in [1.807, 2.05) is 37.3 Å². The fourth-order valence-electron chi connectivity index (χ4n) is 6.96. The topological polar surface area (TPSA) is 96.4 Å². The van der Waals surface area contributed by atoms with Gasteiger partial charge in [0.15, 0.2) is 0 Å². The van der Waals surface area contributed by atoms with E-state index in [1.165, 1.54) is 6.08 Å². The molecule has 1 N–H and O–H groups in total. The number of hydrogen-bond acceptors (Lipinski definition) is 7. The zero-order valence-corrected chi connectivity index (χ0v) is 24.2. The third-order valence-corrected chi connectivity index (χ3v) is 10.7. The first-order chi connectivity index (χ1) is 19.8. The van der Waals surface area contributed by atoms with Crippen molar-refractivity contribution in [2.45, 2.75) is 41.3 Å². The Labute approximate surface area is 245 Å². The highest BCUT2D eigenvalue weighted by Crippen LogP contribution is 2.72. The van der Waals surface area contributed by atoms with Crippen molar-refractivity contribution in [2.24, 2.45) is 11.8 Å². The van der Waals surface area contributed by atoms with E-state index in [-0.39, 0.29) is 31.6 Å². The molecule has 1 spiro atoms. The number of aliphatic hydroxyl groups excluding tert-OH is 1. The molecule has 8 nitrogen and oxygen atoms in total. The van der Waals surface area contributed by atoms with Crippen LogP contribution in [0, 0.1) is 11.8 Å². The van der Waals surface area contributed by atoms with Crippen LogP contribution in [-0.2, 0) is 19.1 Å². The number of rotatable bonds is 11. The smallest absolute Gasteiger partial charge is 0.311 e. The van der Waals surface area contributed by atoms with Gasteiger partial charge in [0.2, 0.25) is 5.91 Å². The minimum Gasteiger partial charge on any atom is -0.497 e. The summed E-state index contributed by atoms with van der Waals surface area (Å²) in [6.45, 7) is 9.40. The van der Waals surface area contributed by atoms with Gasteiger partial charge >= 0.3 is 5.97 Å². The van der Waals surface area contributed by atoms with Gasteiger partial charge < -0.3 is 24.4 Å². The Hall–Kier alpha value is -3.56. The Bertz CT molecular complexity index is 1330. The maximum atomic E-state index is 14.8. The average Bonchev–Trinajstić information content (AvgIpc) is 3.56. The normalized spacial score (nSPS) is 28.6. The van der Waals surface area contributed by atoms with E-state index in [2.05, 4.69) is 13.2 Å². The minimum atomic E-state index is -0.927. The molecule has 9 heteroatoms. The van der Waals surface area contributed by atoms with Gasteiger partial charge in [-0.05, 0) is 49.6 Å². The summed E-state index contributed by atoms with van der Waals surface area (Å²) < 4.78 is 9.39. The van der Waals surface area contributed by atoms with E-state index in [9.17, 15) is 19.5 Å². The van der Waals surface area contributed by atoms with Crippen molar-refractivity contribution in [1.29, 1.82) is 0 Å². The largest absolute Gasteiger partial charge is 0.497 e. The number of thioether (sulfide) groups is 1. The summed E-state index contributed by atoms with van der Waals surface area (Å²) in [7, 11) is 1.58. The number of nitrogens with zero attached hydrogens (tertiary/aromatic N) is 2. The molecule has 3 saturated heterocycles. The molecule has 3 heterocycles. The second-order valence-electron chi connectivity index (χ2n) is 10.9. The number of benzene rings is 2. The summed E-state index contributed by atoms with van der Waals surface area (Å²) in [6, 6.07) is 14.7. The van der Waals surface area contributed by atoms with E-state index >= 15 is 0 Å². The number of ether oxygens (including phenoxy) is 2. The van der Waals surface area contributed by atoms with Gasteiger partial charge in [-0.25, -0.2) is 0 Å². The van der Waals surface area contributed by atoms with Crippen LogP contribution < -0.4 is 9.64 Å². The molecule has 3 aliphatic heterocycles. The SMILES string of the molecule is C=CCOC(=O)[C@@H]1[C@H]2C(=O)N([C@H](CO)c3ccccc3)C(C(=O)N(CC=C)c3ccc(OC)cc3)C23CC[C@@]1(C)S3. The number of carbonyl (C=O) groups excluding carboxylic acids is 3. The van der Waals surface area contributed by atoms with Gasteiger partial charge in [-0.2, -0.15) is 0 Å². The number of hydrogen-bond donors (Lipinski definition) is 1. The number of aliphatic hydroxyl groups is 1. The molecule has 5 rings (SSSR count). The Balaban J connectivity index is 1.65. The molecule has 2 aromatic carbocycles. The first-order valence-electron chi connectivity index (χ1n) is 13.8. The number of fused-ring (bicyclic) bond motifs is 1. The van der Waals surface area contributed by atoms with Crippen LogP contribution in [0.4, 0.5) is 5.69 Å². The molecule has 2 unspecified atom stereocenters. The van der Waals surface area contributed by atoms with Gasteiger partial charge in [0, 0.05) is 17.0 Å². The molecule has 0 aliphatic carbocycles. The van der Waals surface area contributed by atoms with Crippen LogP contribution in [-0.4, -0.2) is 70.2 Å². The van der Waals surface area contributed by atoms with E-state index < -0.39 is 39.4 Å². The van der Waals surface area contributed by atoms with Crippen LogP contribution in [0.1, 0.15) is 31.4 Å². The van der Waals surface area contributed by atoms with Crippen LogP contribution in [0.3, 0.4) is 0 Å². The van der Waals surface area contributed by atoms with Crippen molar-refractivity contribution in [3.05, 3.63) is 85.5 Å². The Morgan fingerprint density at radius 3 is 2.46 bits per heavy atom. The maximum absolute atomic E-state index is 14.8. The molecular weight excluding hydrogens is 540 g/mol. The molecule has 216 valence electrons. The van der Waals surface area contributed by atoms with Gasteiger partial charge in [-0.1, -0.05) is 49.1 Å². The molecule has 3 fully saturated rings. The van der Waals surface area contributed by atoms with Gasteiger partial charge in [0.05, 0.1) is 36.3 Å². The second kappa shape index (κ2) is 11.4. The number of likely N-dealkylation sites (tertiary alicyclic amines) is 1. The molecule has 0 radical (unpaired) electrons.